The van der Waals surface area contributed by atoms with E-state index in [-0.39, 0.29) is 6.42 Å². The topological polar surface area (TPSA) is 441 Å². The Balaban J connectivity index is 1.36. The Kier molecular flexibility index (Phi) is 28.9. The highest BCUT2D eigenvalue weighted by molar-refractivity contribution is 7.47. The summed E-state index contributed by atoms with van der Waals surface area (Å²) in [6, 6.07) is 0. The summed E-state index contributed by atoms with van der Waals surface area (Å²) in [6.07, 6.45) is -26.7. The van der Waals surface area contributed by atoms with Crippen LogP contribution in [0.25, 0.3) is 0 Å². The van der Waals surface area contributed by atoms with Crippen molar-refractivity contribution >= 4 is 13.8 Å². The first-order chi connectivity index (χ1) is 35.2. The highest BCUT2D eigenvalue weighted by Crippen LogP contribution is 2.48. The van der Waals surface area contributed by atoms with Crippen LogP contribution in [0.2, 0.25) is 0 Å². The third kappa shape index (κ3) is 19.2. The molecule has 74 heavy (non-hydrogen) atoms. The lowest BCUT2D eigenvalue weighted by atomic mass is 9.84. The van der Waals surface area contributed by atoms with Crippen molar-refractivity contribution in [1.82, 2.24) is 0 Å². The van der Waals surface area contributed by atoms with E-state index in [0.717, 1.165) is 32.1 Å². The van der Waals surface area contributed by atoms with E-state index < -0.39 is 182 Å². The van der Waals surface area contributed by atoms with E-state index in [1.165, 1.54) is 64.2 Å². The van der Waals surface area contributed by atoms with Crippen molar-refractivity contribution in [1.29, 1.82) is 0 Å². The number of phosphoric acid groups is 1. The molecule has 3 saturated heterocycles. The summed E-state index contributed by atoms with van der Waals surface area (Å²) in [4.78, 5) is 23.4. The van der Waals surface area contributed by atoms with Crippen LogP contribution in [0.15, 0.2) is 0 Å². The van der Waals surface area contributed by atoms with E-state index in [2.05, 4.69) is 6.92 Å². The van der Waals surface area contributed by atoms with E-state index in [1.807, 2.05) is 0 Å². The Hall–Kier alpha value is -1.26. The van der Waals surface area contributed by atoms with Crippen molar-refractivity contribution in [3.05, 3.63) is 0 Å². The van der Waals surface area contributed by atoms with Gasteiger partial charge in [0.1, 0.15) is 123 Å². The molecule has 1 aliphatic carbocycles. The number of esters is 1. The predicted molar refractivity (Wildman–Crippen MR) is 250 cm³/mol. The number of hydrogen-bond acceptors (Lipinski definition) is 26. The van der Waals surface area contributed by atoms with Crippen LogP contribution in [0.4, 0.5) is 0 Å². The van der Waals surface area contributed by atoms with E-state index in [0.29, 0.717) is 6.42 Å². The monoisotopic (exact) mass is 1100 g/mol. The summed E-state index contributed by atoms with van der Waals surface area (Å²) in [6.45, 7) is -2.17. The van der Waals surface area contributed by atoms with Crippen molar-refractivity contribution in [2.45, 2.75) is 251 Å². The standard InChI is InChI=1S/C46H85O27P/c1-2-3-4-5-6-7-8-9-10-11-12-13-14-15-16-17-18-28(50)65-21-24(49)22-67-74(63,64)73-43-41(71-45-39(61)33(55)30(52)26(20-48)69-45)36(58)35(57)37(59)42(43)72-46-40(62)34(56)31(53)27(70-46)23-66-44-38(60)32(54)29(51)25(19-47)68-44/h24-27,29-49,51-62H,2-23H2,1H3,(H,63,64)/t24-,25?,26?,27?,29+,30-,31+,32?,33?,34?,35+,36?,37?,38+,39-,40+,41-,42?,43+,44-,45-,46+/m1/s1. The molecule has 23 atom stereocenters. The van der Waals surface area contributed by atoms with Gasteiger partial charge in [-0.3, -0.25) is 13.8 Å². The molecule has 3 heterocycles. The van der Waals surface area contributed by atoms with Gasteiger partial charge in [0, 0.05) is 6.42 Å². The zero-order valence-electron chi connectivity index (χ0n) is 41.9. The molecule has 10 unspecified atom stereocenters. The molecule has 0 bridgehead atoms. The maximum atomic E-state index is 13.6. The van der Waals surface area contributed by atoms with Crippen LogP contribution in [0, 0.1) is 0 Å². The Morgan fingerprint density at radius 1 is 0.486 bits per heavy atom. The van der Waals surface area contributed by atoms with Gasteiger partial charge in [0.05, 0.1) is 26.4 Å². The minimum absolute atomic E-state index is 0.0461. The molecule has 0 radical (unpaired) electrons. The smallest absolute Gasteiger partial charge is 0.463 e. The number of aliphatic hydroxyl groups excluding tert-OH is 15. The van der Waals surface area contributed by atoms with Gasteiger partial charge in [0.15, 0.2) is 18.9 Å². The Morgan fingerprint density at radius 2 is 0.865 bits per heavy atom. The first-order valence-corrected chi connectivity index (χ1v) is 27.4. The highest BCUT2D eigenvalue weighted by Gasteiger charge is 2.58. The quantitative estimate of drug-likeness (QED) is 0.0171. The second-order valence-corrected chi connectivity index (χ2v) is 21.0. The highest BCUT2D eigenvalue weighted by atomic mass is 31.2. The summed E-state index contributed by atoms with van der Waals surface area (Å²) < 4.78 is 62.0. The molecule has 1 saturated carbocycles. The van der Waals surface area contributed by atoms with Gasteiger partial charge in [-0.15, -0.1) is 0 Å². The summed E-state index contributed by atoms with van der Waals surface area (Å²) >= 11 is 0. The van der Waals surface area contributed by atoms with Crippen molar-refractivity contribution in [2.75, 3.05) is 33.0 Å². The fraction of sp³-hybridized carbons (Fsp3) is 0.978. The van der Waals surface area contributed by atoms with Crippen LogP contribution in [0.5, 0.6) is 0 Å². The van der Waals surface area contributed by atoms with Crippen LogP contribution < -0.4 is 0 Å². The number of phosphoric ester groups is 1. The van der Waals surface area contributed by atoms with Crippen molar-refractivity contribution in [3.8, 4) is 0 Å². The van der Waals surface area contributed by atoms with Gasteiger partial charge in [0.25, 0.3) is 0 Å². The van der Waals surface area contributed by atoms with Crippen molar-refractivity contribution in [2.24, 2.45) is 0 Å². The summed E-state index contributed by atoms with van der Waals surface area (Å²) in [5.41, 5.74) is 0. The first-order valence-electron chi connectivity index (χ1n) is 25.9. The molecular formula is C46H85O27P. The van der Waals surface area contributed by atoms with E-state index in [1.54, 1.807) is 0 Å². The van der Waals surface area contributed by atoms with Crippen LogP contribution in [-0.4, -0.2) is 255 Å². The molecule has 16 N–H and O–H groups in total. The lowest BCUT2D eigenvalue weighted by molar-refractivity contribution is -0.364. The fourth-order valence-electron chi connectivity index (χ4n) is 9.14. The third-order valence-corrected chi connectivity index (χ3v) is 14.7. The third-order valence-electron chi connectivity index (χ3n) is 13.7. The van der Waals surface area contributed by atoms with Gasteiger partial charge >= 0.3 is 13.8 Å². The van der Waals surface area contributed by atoms with Gasteiger partial charge in [-0.25, -0.2) is 4.57 Å². The van der Waals surface area contributed by atoms with E-state index in [4.69, 9.17) is 42.2 Å². The molecule has 4 aliphatic rings. The van der Waals surface area contributed by atoms with Gasteiger partial charge in [0.2, 0.25) is 0 Å². The number of ether oxygens (including phenoxy) is 7. The lowest BCUT2D eigenvalue weighted by Gasteiger charge is -2.49. The molecule has 0 aromatic heterocycles. The molecule has 0 aromatic carbocycles. The second-order valence-electron chi connectivity index (χ2n) is 19.6. The van der Waals surface area contributed by atoms with Gasteiger partial charge in [-0.05, 0) is 6.42 Å². The zero-order chi connectivity index (χ0) is 54.7. The van der Waals surface area contributed by atoms with Gasteiger partial charge in [-0.2, -0.15) is 0 Å². The number of rotatable bonds is 33. The number of carbonyl (C=O) groups is 1. The Bertz CT molecular complexity index is 1600. The molecule has 0 aromatic rings. The molecule has 0 amide bonds. The largest absolute Gasteiger partial charge is 0.472 e. The Morgan fingerprint density at radius 3 is 1.31 bits per heavy atom. The molecule has 27 nitrogen and oxygen atoms in total. The second kappa shape index (κ2) is 32.7. The molecule has 4 fully saturated rings. The minimum atomic E-state index is -5.62. The van der Waals surface area contributed by atoms with Crippen LogP contribution >= 0.6 is 7.82 Å². The maximum absolute atomic E-state index is 13.6. The Labute approximate surface area is 430 Å². The average Bonchev–Trinajstić information content (AvgIpc) is 3.38. The molecular weight excluding hydrogens is 1020 g/mol. The van der Waals surface area contributed by atoms with E-state index >= 15 is 0 Å². The van der Waals surface area contributed by atoms with Crippen molar-refractivity contribution < 1.29 is 133 Å². The van der Waals surface area contributed by atoms with Crippen LogP contribution in [0.3, 0.4) is 0 Å². The SMILES string of the molecule is CCCCCCCCCCCCCCCCCCC(=O)OC[C@@H](O)COP(=O)(O)O[C@@H]1C(O[C@@H]2OC(CO[C@@H]3OC(CO)[C@H](O)C(O)[C@@H]3O)[C@H](O)C(O)[C@@H]2O)C(O)[C@@H](O)C(O)[C@H]1O[C@H]1OC(CO)[C@@H](O)C(O)[C@H]1O. The summed E-state index contributed by atoms with van der Waals surface area (Å²) in [5.74, 6) is -0.651. The van der Waals surface area contributed by atoms with Crippen LogP contribution in [-0.2, 0) is 51.6 Å². The van der Waals surface area contributed by atoms with Crippen LogP contribution in [0.1, 0.15) is 116 Å². The molecule has 436 valence electrons. The lowest BCUT2D eigenvalue weighted by Crippen LogP contribution is -2.69. The number of hydrogen-bond donors (Lipinski definition) is 16. The summed E-state index contributed by atoms with van der Waals surface area (Å²) in [7, 11) is -5.62. The first kappa shape index (κ1) is 65.3. The van der Waals surface area contributed by atoms with E-state index in [9.17, 15) is 90.9 Å². The van der Waals surface area contributed by atoms with Gasteiger partial charge < -0.3 is 115 Å². The molecule has 3 aliphatic heterocycles. The minimum Gasteiger partial charge on any atom is -0.463 e. The zero-order valence-corrected chi connectivity index (χ0v) is 42.7. The molecule has 4 rings (SSSR count). The summed E-state index contributed by atoms with van der Waals surface area (Å²) in [5, 5.41) is 158. The number of carbonyl (C=O) groups excluding carboxylic acids is 1. The molecule has 0 spiro atoms. The van der Waals surface area contributed by atoms with Gasteiger partial charge in [-0.1, -0.05) is 103 Å². The van der Waals surface area contributed by atoms with Crippen molar-refractivity contribution in [3.63, 3.8) is 0 Å². The fourth-order valence-corrected chi connectivity index (χ4v) is 10.1. The predicted octanol–water partition coefficient (Wildman–Crippen LogP) is -3.66. The normalized spacial score (nSPS) is 39.1. The maximum Gasteiger partial charge on any atom is 0.472 e. The molecule has 28 heteroatoms. The average molecular weight is 1100 g/mol. The number of aliphatic hydroxyl groups is 15. The number of unbranched alkanes of at least 4 members (excludes halogenated alkanes) is 15.